The largest absolute Gasteiger partial charge is 0.242 e. The molecule has 2 aliphatic rings. The van der Waals surface area contributed by atoms with E-state index in [9.17, 15) is 17.6 Å². The van der Waals surface area contributed by atoms with Crippen LogP contribution in [0.2, 0.25) is 5.15 Å². The fourth-order valence-electron chi connectivity index (χ4n) is 9.46. The second kappa shape index (κ2) is 40.5. The molecule has 0 saturated heterocycles. The highest BCUT2D eigenvalue weighted by atomic mass is 79.9. The van der Waals surface area contributed by atoms with Crippen LogP contribution < -0.4 is 0 Å². The summed E-state index contributed by atoms with van der Waals surface area (Å²) in [6.07, 6.45) is 10.2. The monoisotopic (exact) mass is 1270 g/mol. The summed E-state index contributed by atoms with van der Waals surface area (Å²) >= 11 is 8.61. The standard InChI is InChI=1S/C12H16.2C10H10FN.C10H20.C10H14.C9H10BrF.C9H12.C8H9ClFN/c1-9(2)11-4-3-5-12(8-11)10-6-7-10;1-7(2)8-3-4-10(11)9(5-8)6-12;1-7(2)9-5-3-4-8(6-12)10(9)11;2*1-8(2)10-6-4-5-9(3)7-10;1-6(2)7-4-3-5-8(10)9(7)11;1-8(2)9-6-4-3-5-7-9;1-5(2)6-3-4-11-8(9)7(6)10/h3-5,8-10H,6-7H2,1-2H3;2*3-5,7H,1-2H3;8-10H,4-7H2,1-3H3;4-8H,1-3H3;3-6H,1-2H3;3-8H,1-2H3;3-5H,1-2H3. The van der Waals surface area contributed by atoms with Crippen molar-refractivity contribution in [1.82, 2.24) is 4.98 Å². The van der Waals surface area contributed by atoms with Crippen LogP contribution in [0.25, 0.3) is 0 Å². The van der Waals surface area contributed by atoms with Crippen molar-refractivity contribution in [2.75, 3.05) is 0 Å². The zero-order valence-electron chi connectivity index (χ0n) is 55.6. The molecular formula is C78H101BrClF4N3. The Morgan fingerprint density at radius 2 is 0.966 bits per heavy atom. The minimum atomic E-state index is -0.443. The summed E-state index contributed by atoms with van der Waals surface area (Å²) in [6.45, 7) is 38.2. The molecule has 2 aliphatic carbocycles. The summed E-state index contributed by atoms with van der Waals surface area (Å²) in [7, 11) is 0. The first kappa shape index (κ1) is 77.0. The smallest absolute Gasteiger partial charge is 0.165 e. The number of hydrogen-bond donors (Lipinski definition) is 0. The lowest BCUT2D eigenvalue weighted by Crippen LogP contribution is -2.17. The van der Waals surface area contributed by atoms with E-state index in [0.29, 0.717) is 39.3 Å². The van der Waals surface area contributed by atoms with Crippen LogP contribution in [0.5, 0.6) is 0 Å². The normalized spacial score (nSPS) is 14.0. The van der Waals surface area contributed by atoms with Gasteiger partial charge in [0.2, 0.25) is 0 Å². The number of nitriles is 2. The van der Waals surface area contributed by atoms with Crippen LogP contribution in [-0.4, -0.2) is 4.98 Å². The Hall–Kier alpha value is -6.06. The molecule has 3 nitrogen and oxygen atoms in total. The minimum absolute atomic E-state index is 0.0452. The lowest BCUT2D eigenvalue weighted by molar-refractivity contribution is 0.226. The second-order valence-electron chi connectivity index (χ2n) is 25.4. The molecule has 0 spiro atoms. The fourth-order valence-corrected chi connectivity index (χ4v) is 10.0. The van der Waals surface area contributed by atoms with Crippen LogP contribution in [0.1, 0.15) is 265 Å². The van der Waals surface area contributed by atoms with Crippen molar-refractivity contribution in [2.24, 2.45) is 17.8 Å². The number of aromatic nitrogens is 1. The zero-order chi connectivity index (χ0) is 65.5. The van der Waals surface area contributed by atoms with E-state index in [1.54, 1.807) is 42.0 Å². The maximum absolute atomic E-state index is 13.3. The molecule has 1 heterocycles. The molecule has 7 aromatic rings. The third-order valence-electron chi connectivity index (χ3n) is 15.4. The number of benzene rings is 6. The van der Waals surface area contributed by atoms with E-state index in [1.807, 2.05) is 85.7 Å². The Morgan fingerprint density at radius 3 is 1.40 bits per heavy atom. The molecule has 2 atom stereocenters. The number of halogens is 6. The highest BCUT2D eigenvalue weighted by Crippen LogP contribution is 2.40. The summed E-state index contributed by atoms with van der Waals surface area (Å²) in [5, 5.41) is 17.0. The van der Waals surface area contributed by atoms with Gasteiger partial charge in [-0.15, -0.1) is 0 Å². The molecule has 2 fully saturated rings. The molecule has 6 aromatic carbocycles. The van der Waals surface area contributed by atoms with Gasteiger partial charge in [0.25, 0.3) is 0 Å². The third-order valence-corrected chi connectivity index (χ3v) is 16.2. The molecule has 0 amide bonds. The van der Waals surface area contributed by atoms with Crippen molar-refractivity contribution in [3.63, 3.8) is 0 Å². The molecule has 9 heteroatoms. The van der Waals surface area contributed by atoms with E-state index in [4.69, 9.17) is 22.1 Å². The van der Waals surface area contributed by atoms with Crippen molar-refractivity contribution in [1.29, 1.82) is 10.5 Å². The molecule has 470 valence electrons. The summed E-state index contributed by atoms with van der Waals surface area (Å²) in [5.74, 6) is 5.31. The van der Waals surface area contributed by atoms with Gasteiger partial charge in [0.05, 0.1) is 15.6 Å². The maximum atomic E-state index is 13.3. The van der Waals surface area contributed by atoms with Gasteiger partial charge in [-0.3, -0.25) is 0 Å². The Kier molecular flexibility index (Phi) is 35.8. The van der Waals surface area contributed by atoms with E-state index >= 15 is 0 Å². The van der Waals surface area contributed by atoms with Gasteiger partial charge in [-0.05, 0) is 182 Å². The van der Waals surface area contributed by atoms with Gasteiger partial charge < -0.3 is 0 Å². The van der Waals surface area contributed by atoms with E-state index in [1.165, 1.54) is 79.1 Å². The number of rotatable bonds is 9. The van der Waals surface area contributed by atoms with Gasteiger partial charge in [0, 0.05) is 6.20 Å². The lowest BCUT2D eigenvalue weighted by atomic mass is 9.77. The van der Waals surface area contributed by atoms with Gasteiger partial charge in [0.1, 0.15) is 29.6 Å². The highest BCUT2D eigenvalue weighted by Gasteiger charge is 2.24. The van der Waals surface area contributed by atoms with Crippen LogP contribution in [0.3, 0.4) is 0 Å². The summed E-state index contributed by atoms with van der Waals surface area (Å²) in [5.41, 5.74) is 10.5. The van der Waals surface area contributed by atoms with Crippen molar-refractivity contribution >= 4 is 27.5 Å². The van der Waals surface area contributed by atoms with Gasteiger partial charge in [-0.1, -0.05) is 263 Å². The SMILES string of the molecule is CC(C)c1ccc(F)c(C#N)c1.CC(C)c1cccc(Br)c1F.CC(C)c1cccc(C#N)c1F.CC(C)c1cccc(C2CC2)c1.CC(C)c1ccccc1.CC(C)c1ccnc(Cl)c1F.CC1CCCC(C(C)C)C1.Cc1cccc(C(C)C)c1. The Labute approximate surface area is 537 Å². The van der Waals surface area contributed by atoms with Crippen molar-refractivity contribution in [3.8, 4) is 12.1 Å². The highest BCUT2D eigenvalue weighted by molar-refractivity contribution is 9.10. The second-order valence-corrected chi connectivity index (χ2v) is 26.7. The summed E-state index contributed by atoms with van der Waals surface area (Å²) in [4.78, 5) is 3.61. The first-order valence-corrected chi connectivity index (χ1v) is 32.5. The molecule has 9 rings (SSSR count). The lowest BCUT2D eigenvalue weighted by Gasteiger charge is -2.29. The average Bonchev–Trinajstić information content (AvgIpc) is 4.36. The minimum Gasteiger partial charge on any atom is -0.242 e. The Balaban J connectivity index is 0.000000340. The van der Waals surface area contributed by atoms with Crippen LogP contribution in [0.15, 0.2) is 150 Å². The molecule has 0 bridgehead atoms. The van der Waals surface area contributed by atoms with Gasteiger partial charge in [-0.2, -0.15) is 10.5 Å². The van der Waals surface area contributed by atoms with E-state index in [2.05, 4.69) is 163 Å². The fraction of sp³-hybridized carbons (Fsp3) is 0.449. The van der Waals surface area contributed by atoms with Crippen LogP contribution in [0.4, 0.5) is 17.6 Å². The van der Waals surface area contributed by atoms with Crippen LogP contribution >= 0.6 is 27.5 Å². The summed E-state index contributed by atoms with van der Waals surface area (Å²) in [6, 6.07) is 48.5. The first-order valence-electron chi connectivity index (χ1n) is 31.4. The Morgan fingerprint density at radius 1 is 0.483 bits per heavy atom. The molecular weight excluding hydrogens is 1170 g/mol. The number of aryl methyl sites for hydroxylation is 1. The van der Waals surface area contributed by atoms with Gasteiger partial charge in [-0.25, -0.2) is 22.5 Å². The van der Waals surface area contributed by atoms with E-state index in [0.717, 1.165) is 34.8 Å². The molecule has 1 aromatic heterocycles. The quantitative estimate of drug-likeness (QED) is 0.107. The molecule has 0 aliphatic heterocycles. The number of hydrogen-bond acceptors (Lipinski definition) is 3. The van der Waals surface area contributed by atoms with Gasteiger partial charge in [0.15, 0.2) is 11.0 Å². The van der Waals surface area contributed by atoms with E-state index in [-0.39, 0.29) is 45.7 Å². The van der Waals surface area contributed by atoms with E-state index < -0.39 is 11.6 Å². The predicted molar refractivity (Wildman–Crippen MR) is 366 cm³/mol. The van der Waals surface area contributed by atoms with Crippen LogP contribution in [-0.2, 0) is 0 Å². The van der Waals surface area contributed by atoms with Gasteiger partial charge >= 0.3 is 0 Å². The molecule has 87 heavy (non-hydrogen) atoms. The summed E-state index contributed by atoms with van der Waals surface area (Å²) < 4.78 is 52.9. The zero-order valence-corrected chi connectivity index (χ0v) is 57.9. The molecule has 2 saturated carbocycles. The topological polar surface area (TPSA) is 60.5 Å². The number of nitrogens with zero attached hydrogens (tertiary/aromatic N) is 3. The molecule has 2 unspecified atom stereocenters. The predicted octanol–water partition coefficient (Wildman–Crippen LogP) is 25.4. The third kappa shape index (κ3) is 28.8. The molecule has 0 radical (unpaired) electrons. The Bertz CT molecular complexity index is 3080. The van der Waals surface area contributed by atoms with Crippen molar-refractivity contribution < 1.29 is 17.6 Å². The van der Waals surface area contributed by atoms with Crippen LogP contribution in [0, 0.1) is 70.6 Å². The van der Waals surface area contributed by atoms with Crippen molar-refractivity contribution in [3.05, 3.63) is 240 Å². The average molecular weight is 1270 g/mol. The first-order chi connectivity index (χ1) is 41.0. The van der Waals surface area contributed by atoms with Crippen molar-refractivity contribution in [2.45, 2.75) is 210 Å². The maximum Gasteiger partial charge on any atom is 0.165 e. The number of pyridine rings is 1. The molecule has 0 N–H and O–H groups in total.